The van der Waals surface area contributed by atoms with E-state index >= 15 is 0 Å². The number of hydrogen-bond acceptors (Lipinski definition) is 6. The molecule has 1 amide bonds. The Morgan fingerprint density at radius 2 is 1.25 bits per heavy atom. The molecular weight excluding hydrogens is 430 g/mol. The van der Waals surface area contributed by atoms with Gasteiger partial charge in [-0.1, -0.05) is 70.4 Å². The summed E-state index contributed by atoms with van der Waals surface area (Å²) in [5, 5.41) is 21.3. The van der Waals surface area contributed by atoms with Crippen molar-refractivity contribution in [1.29, 1.82) is 0 Å². The van der Waals surface area contributed by atoms with Crippen molar-refractivity contribution in [2.75, 3.05) is 0 Å². The van der Waals surface area contributed by atoms with Crippen LogP contribution in [0, 0.1) is 0 Å². The van der Waals surface area contributed by atoms with Crippen LogP contribution < -0.4 is 80.2 Å². The Morgan fingerprint density at radius 1 is 0.750 bits per heavy atom. The molecule has 0 heterocycles. The standard InChI is InChI=1S/C23H42N2O5.2Na/c1-2-3-4-5-6-7-8-9-10-11-12-13-14-15-16-17-21(26)25-24-20(23(29)30)18-19-22(27)28;;/h9-10,20,24H,2-8,11-19H2,1H3,(H,25,26)(H,27,28)(H,29,30);;/q;2*+1/p-2/b10-9-;;/t20-;;/m0../s1. The number of hydrogen-bond donors (Lipinski definition) is 2. The van der Waals surface area contributed by atoms with Crippen LogP contribution in [0.25, 0.3) is 0 Å². The number of allylic oxidation sites excluding steroid dienone is 2. The zero-order valence-corrected chi connectivity index (χ0v) is 24.6. The van der Waals surface area contributed by atoms with Crippen LogP contribution in [-0.2, 0) is 14.4 Å². The summed E-state index contributed by atoms with van der Waals surface area (Å²) >= 11 is 0. The summed E-state index contributed by atoms with van der Waals surface area (Å²) in [7, 11) is 0. The number of carbonyl (C=O) groups excluding carboxylic acids is 3. The van der Waals surface area contributed by atoms with Gasteiger partial charge in [-0.3, -0.25) is 10.2 Å². The van der Waals surface area contributed by atoms with E-state index in [4.69, 9.17) is 0 Å². The molecule has 9 heteroatoms. The quantitative estimate of drug-likeness (QED) is 0.0771. The molecule has 7 nitrogen and oxygen atoms in total. The number of carboxylic acid groups (broad SMARTS) is 2. The van der Waals surface area contributed by atoms with Crippen molar-refractivity contribution < 1.29 is 83.7 Å². The molecule has 174 valence electrons. The Balaban J connectivity index is -0.00000420. The molecule has 0 fully saturated rings. The summed E-state index contributed by atoms with van der Waals surface area (Å²) in [5.41, 5.74) is 4.62. The van der Waals surface area contributed by atoms with Crippen molar-refractivity contribution in [2.45, 2.75) is 116 Å². The first-order valence-electron chi connectivity index (χ1n) is 11.6. The minimum atomic E-state index is -1.46. The van der Waals surface area contributed by atoms with Crippen molar-refractivity contribution in [3.05, 3.63) is 12.2 Å². The Hall–Kier alpha value is 0.110. The van der Waals surface area contributed by atoms with Gasteiger partial charge in [0.1, 0.15) is 0 Å². The molecule has 32 heavy (non-hydrogen) atoms. The fourth-order valence-corrected chi connectivity index (χ4v) is 3.10. The molecule has 1 atom stereocenters. The average molecular weight is 471 g/mol. The van der Waals surface area contributed by atoms with Crippen molar-refractivity contribution in [1.82, 2.24) is 10.9 Å². The van der Waals surface area contributed by atoms with E-state index < -0.39 is 24.4 Å². The van der Waals surface area contributed by atoms with E-state index in [-0.39, 0.29) is 71.4 Å². The van der Waals surface area contributed by atoms with Gasteiger partial charge in [0, 0.05) is 12.4 Å². The van der Waals surface area contributed by atoms with E-state index in [0.717, 1.165) is 38.5 Å². The molecule has 0 aliphatic carbocycles. The zero-order chi connectivity index (χ0) is 22.5. The second kappa shape index (κ2) is 27.4. The second-order valence-corrected chi connectivity index (χ2v) is 7.81. The van der Waals surface area contributed by atoms with E-state index in [1.165, 1.54) is 44.9 Å². The molecule has 0 spiro atoms. The fourth-order valence-electron chi connectivity index (χ4n) is 3.10. The van der Waals surface area contributed by atoms with Crippen LogP contribution in [-0.4, -0.2) is 23.9 Å². The Kier molecular flexibility index (Phi) is 31.4. The Morgan fingerprint density at radius 3 is 1.75 bits per heavy atom. The molecule has 0 rings (SSSR count). The van der Waals surface area contributed by atoms with Crippen LogP contribution in [0.1, 0.15) is 110 Å². The maximum atomic E-state index is 11.7. The third-order valence-corrected chi connectivity index (χ3v) is 4.97. The van der Waals surface area contributed by atoms with Crippen LogP contribution in [0.4, 0.5) is 0 Å². The third-order valence-electron chi connectivity index (χ3n) is 4.97. The summed E-state index contributed by atoms with van der Waals surface area (Å²) in [5.74, 6) is -3.12. The van der Waals surface area contributed by atoms with Crippen LogP contribution in [0.3, 0.4) is 0 Å². The van der Waals surface area contributed by atoms with E-state index in [9.17, 15) is 24.6 Å². The molecule has 0 unspecified atom stereocenters. The molecule has 0 saturated carbocycles. The first-order chi connectivity index (χ1) is 14.5. The molecule has 0 saturated heterocycles. The van der Waals surface area contributed by atoms with Gasteiger partial charge in [-0.15, -0.1) is 0 Å². The fraction of sp³-hybridized carbons (Fsp3) is 0.783. The predicted octanol–water partition coefficient (Wildman–Crippen LogP) is -3.70. The molecule has 0 bridgehead atoms. The monoisotopic (exact) mass is 470 g/mol. The number of carbonyl (C=O) groups is 3. The summed E-state index contributed by atoms with van der Waals surface area (Å²) in [4.78, 5) is 33.0. The largest absolute Gasteiger partial charge is 1.00 e. The van der Waals surface area contributed by atoms with E-state index in [2.05, 4.69) is 29.9 Å². The number of unbranched alkanes of at least 4 members (excludes halogenated alkanes) is 11. The third kappa shape index (κ3) is 26.4. The van der Waals surface area contributed by atoms with Gasteiger partial charge in [-0.2, -0.15) is 0 Å². The number of hydrazine groups is 1. The van der Waals surface area contributed by atoms with Gasteiger partial charge < -0.3 is 19.8 Å². The van der Waals surface area contributed by atoms with Gasteiger partial charge in [-0.05, 0) is 44.9 Å². The second-order valence-electron chi connectivity index (χ2n) is 7.81. The normalized spacial score (nSPS) is 11.4. The number of rotatable bonds is 21. The molecule has 2 N–H and O–H groups in total. The minimum Gasteiger partial charge on any atom is -0.550 e. The van der Waals surface area contributed by atoms with Gasteiger partial charge in [-0.25, -0.2) is 5.43 Å². The van der Waals surface area contributed by atoms with E-state index in [1.54, 1.807) is 0 Å². The van der Waals surface area contributed by atoms with Gasteiger partial charge in [0.05, 0.1) is 12.0 Å². The maximum Gasteiger partial charge on any atom is 1.00 e. The molecule has 0 aliphatic rings. The maximum absolute atomic E-state index is 11.7. The van der Waals surface area contributed by atoms with Crippen molar-refractivity contribution >= 4 is 17.8 Å². The summed E-state index contributed by atoms with van der Waals surface area (Å²) < 4.78 is 0. The van der Waals surface area contributed by atoms with Gasteiger partial charge in [0.15, 0.2) is 0 Å². The predicted molar refractivity (Wildman–Crippen MR) is 114 cm³/mol. The number of aliphatic carboxylic acids is 2. The number of nitrogens with one attached hydrogen (secondary N) is 2. The molecule has 0 aliphatic heterocycles. The van der Waals surface area contributed by atoms with Gasteiger partial charge in [0.2, 0.25) is 5.91 Å². The zero-order valence-electron chi connectivity index (χ0n) is 20.6. The smallest absolute Gasteiger partial charge is 0.550 e. The Labute approximate surface area is 238 Å². The van der Waals surface area contributed by atoms with E-state index in [0.29, 0.717) is 6.42 Å². The van der Waals surface area contributed by atoms with Crippen molar-refractivity contribution in [3.8, 4) is 0 Å². The van der Waals surface area contributed by atoms with Crippen LogP contribution in [0.2, 0.25) is 0 Å². The van der Waals surface area contributed by atoms with Gasteiger partial charge in [0.25, 0.3) is 0 Å². The average Bonchev–Trinajstić information content (AvgIpc) is 2.70. The van der Waals surface area contributed by atoms with E-state index in [1.807, 2.05) is 0 Å². The molecular formula is C23H40N2Na2O5. The number of amides is 1. The van der Waals surface area contributed by atoms with Crippen LogP contribution in [0.15, 0.2) is 12.2 Å². The molecule has 0 aromatic heterocycles. The van der Waals surface area contributed by atoms with Gasteiger partial charge >= 0.3 is 59.1 Å². The number of carboxylic acids is 2. The summed E-state index contributed by atoms with van der Waals surface area (Å²) in [6.07, 6.45) is 19.6. The van der Waals surface area contributed by atoms with Crippen LogP contribution >= 0.6 is 0 Å². The first-order valence-corrected chi connectivity index (χ1v) is 11.6. The summed E-state index contributed by atoms with van der Waals surface area (Å²) in [6.45, 7) is 2.24. The van der Waals surface area contributed by atoms with Crippen LogP contribution in [0.5, 0.6) is 0 Å². The minimum absolute atomic E-state index is 0. The Bertz CT molecular complexity index is 505. The first kappa shape index (κ1) is 36.7. The molecule has 0 aromatic rings. The summed E-state index contributed by atoms with van der Waals surface area (Å²) in [6, 6.07) is -1.25. The molecule has 0 aromatic carbocycles. The molecule has 0 radical (unpaired) electrons. The topological polar surface area (TPSA) is 121 Å². The van der Waals surface area contributed by atoms with Crippen molar-refractivity contribution in [2.24, 2.45) is 0 Å². The van der Waals surface area contributed by atoms with Crippen molar-refractivity contribution in [3.63, 3.8) is 0 Å². The SMILES string of the molecule is CCCCCCCC/C=C\CCCCCCCC(=O)NN[C@@H](CCC(=O)[O-])C(=O)[O-].[Na+].[Na+].